The van der Waals surface area contributed by atoms with Crippen molar-refractivity contribution in [1.82, 2.24) is 14.5 Å². The maximum Gasteiger partial charge on any atom is 0.275 e. The van der Waals surface area contributed by atoms with Gasteiger partial charge in [-0.05, 0) is 24.3 Å². The van der Waals surface area contributed by atoms with Gasteiger partial charge in [-0.25, -0.2) is 4.98 Å². The molecule has 0 saturated heterocycles. The largest absolute Gasteiger partial charge is 0.319 e. The number of aromatic nitrogens is 3. The number of imidazole rings is 1. The maximum atomic E-state index is 12.0. The second-order valence-electron chi connectivity index (χ2n) is 4.20. The highest BCUT2D eigenvalue weighted by Crippen LogP contribution is 2.10. The third-order valence-corrected chi connectivity index (χ3v) is 2.79. The SMILES string of the molecule is O=C(Nc1cccnc1)c1cn(-c2ccccc2)cn1. The molecule has 0 aliphatic carbocycles. The van der Waals surface area contributed by atoms with Gasteiger partial charge in [0.05, 0.1) is 11.9 Å². The first kappa shape index (κ1) is 12.1. The summed E-state index contributed by atoms with van der Waals surface area (Å²) in [5, 5.41) is 2.75. The van der Waals surface area contributed by atoms with Gasteiger partial charge in [0.2, 0.25) is 0 Å². The van der Waals surface area contributed by atoms with Crippen LogP contribution in [0.1, 0.15) is 10.5 Å². The smallest absolute Gasteiger partial charge is 0.275 e. The molecule has 1 aromatic carbocycles. The van der Waals surface area contributed by atoms with Crippen molar-refractivity contribution in [1.29, 1.82) is 0 Å². The lowest BCUT2D eigenvalue weighted by molar-refractivity contribution is 0.102. The zero-order valence-electron chi connectivity index (χ0n) is 10.6. The summed E-state index contributed by atoms with van der Waals surface area (Å²) in [7, 11) is 0. The van der Waals surface area contributed by atoms with Gasteiger partial charge in [0.25, 0.3) is 5.91 Å². The molecule has 3 rings (SSSR count). The van der Waals surface area contributed by atoms with Crippen LogP contribution in [0.3, 0.4) is 0 Å². The average Bonchev–Trinajstić information content (AvgIpc) is 2.99. The third kappa shape index (κ3) is 2.56. The standard InChI is InChI=1S/C15H12N4O/c20-15(18-12-5-4-8-16-9-12)14-10-19(11-17-14)13-6-2-1-3-7-13/h1-11H,(H,18,20). The van der Waals surface area contributed by atoms with Crippen LogP contribution in [0.4, 0.5) is 5.69 Å². The zero-order chi connectivity index (χ0) is 13.8. The molecule has 1 N–H and O–H groups in total. The third-order valence-electron chi connectivity index (χ3n) is 2.79. The molecule has 98 valence electrons. The van der Waals surface area contributed by atoms with E-state index in [1.54, 1.807) is 41.6 Å². The van der Waals surface area contributed by atoms with Gasteiger partial charge >= 0.3 is 0 Å². The van der Waals surface area contributed by atoms with Crippen molar-refractivity contribution >= 4 is 11.6 Å². The van der Waals surface area contributed by atoms with Crippen molar-refractivity contribution in [2.24, 2.45) is 0 Å². The molecule has 0 unspecified atom stereocenters. The number of anilines is 1. The predicted molar refractivity (Wildman–Crippen MR) is 75.8 cm³/mol. The van der Waals surface area contributed by atoms with Gasteiger partial charge in [-0.3, -0.25) is 9.78 Å². The Kier molecular flexibility index (Phi) is 3.24. The minimum Gasteiger partial charge on any atom is -0.319 e. The Labute approximate surface area is 115 Å². The van der Waals surface area contributed by atoms with Gasteiger partial charge in [-0.1, -0.05) is 18.2 Å². The van der Waals surface area contributed by atoms with Gasteiger partial charge in [0, 0.05) is 18.1 Å². The van der Waals surface area contributed by atoms with Crippen LogP contribution in [0.25, 0.3) is 5.69 Å². The summed E-state index contributed by atoms with van der Waals surface area (Å²) in [4.78, 5) is 20.1. The lowest BCUT2D eigenvalue weighted by atomic mass is 10.3. The molecule has 0 radical (unpaired) electrons. The lowest BCUT2D eigenvalue weighted by Crippen LogP contribution is -2.12. The van der Waals surface area contributed by atoms with Gasteiger partial charge in [-0.15, -0.1) is 0 Å². The molecule has 20 heavy (non-hydrogen) atoms. The van der Waals surface area contributed by atoms with Gasteiger partial charge in [0.15, 0.2) is 0 Å². The number of carbonyl (C=O) groups excluding carboxylic acids is 1. The van der Waals surface area contributed by atoms with Gasteiger partial charge < -0.3 is 9.88 Å². The Bertz CT molecular complexity index is 707. The fraction of sp³-hybridized carbons (Fsp3) is 0. The van der Waals surface area contributed by atoms with Gasteiger partial charge in [0.1, 0.15) is 12.0 Å². The first-order valence-corrected chi connectivity index (χ1v) is 6.14. The molecule has 0 aliphatic heterocycles. The molecule has 1 amide bonds. The normalized spacial score (nSPS) is 10.2. The molecule has 0 spiro atoms. The summed E-state index contributed by atoms with van der Waals surface area (Å²) >= 11 is 0. The first-order chi connectivity index (χ1) is 9.83. The summed E-state index contributed by atoms with van der Waals surface area (Å²) in [5.41, 5.74) is 1.96. The number of pyridine rings is 1. The second kappa shape index (κ2) is 5.36. The number of nitrogens with zero attached hydrogens (tertiary/aromatic N) is 3. The topological polar surface area (TPSA) is 59.8 Å². The molecule has 0 saturated carbocycles. The monoisotopic (exact) mass is 264 g/mol. The molecule has 0 atom stereocenters. The van der Waals surface area contributed by atoms with Crippen LogP contribution < -0.4 is 5.32 Å². The van der Waals surface area contributed by atoms with E-state index in [9.17, 15) is 4.79 Å². The second-order valence-corrected chi connectivity index (χ2v) is 4.20. The molecule has 0 aliphatic rings. The Morgan fingerprint density at radius 3 is 2.70 bits per heavy atom. The molecule has 5 nitrogen and oxygen atoms in total. The van der Waals surface area contributed by atoms with Crippen LogP contribution in [-0.4, -0.2) is 20.4 Å². The number of carbonyl (C=O) groups is 1. The Morgan fingerprint density at radius 2 is 1.95 bits per heavy atom. The van der Waals surface area contributed by atoms with Crippen molar-refractivity contribution in [3.8, 4) is 5.69 Å². The highest BCUT2D eigenvalue weighted by molar-refractivity contribution is 6.02. The fourth-order valence-corrected chi connectivity index (χ4v) is 1.81. The first-order valence-electron chi connectivity index (χ1n) is 6.14. The number of benzene rings is 1. The van der Waals surface area contributed by atoms with Crippen molar-refractivity contribution in [2.75, 3.05) is 5.32 Å². The molecule has 3 aromatic rings. The summed E-state index contributed by atoms with van der Waals surface area (Å²) in [6.45, 7) is 0. The molecular weight excluding hydrogens is 252 g/mol. The maximum absolute atomic E-state index is 12.0. The minimum absolute atomic E-state index is 0.257. The van der Waals surface area contributed by atoms with E-state index in [-0.39, 0.29) is 5.91 Å². The lowest BCUT2D eigenvalue weighted by Gasteiger charge is -2.02. The van der Waals surface area contributed by atoms with E-state index in [0.29, 0.717) is 11.4 Å². The average molecular weight is 264 g/mol. The van der Waals surface area contributed by atoms with Crippen molar-refractivity contribution < 1.29 is 4.79 Å². The van der Waals surface area contributed by atoms with E-state index in [0.717, 1.165) is 5.69 Å². The summed E-state index contributed by atoms with van der Waals surface area (Å²) in [6, 6.07) is 13.2. The van der Waals surface area contributed by atoms with Crippen LogP contribution in [0.2, 0.25) is 0 Å². The number of hydrogen-bond acceptors (Lipinski definition) is 3. The number of hydrogen-bond donors (Lipinski definition) is 1. The van der Waals surface area contributed by atoms with Crippen LogP contribution in [0.15, 0.2) is 67.4 Å². The van der Waals surface area contributed by atoms with E-state index in [1.807, 2.05) is 30.3 Å². The summed E-state index contributed by atoms with van der Waals surface area (Å²) < 4.78 is 1.80. The van der Waals surface area contributed by atoms with Crippen molar-refractivity contribution in [3.63, 3.8) is 0 Å². The highest BCUT2D eigenvalue weighted by atomic mass is 16.1. The highest BCUT2D eigenvalue weighted by Gasteiger charge is 2.10. The van der Waals surface area contributed by atoms with Crippen LogP contribution in [-0.2, 0) is 0 Å². The van der Waals surface area contributed by atoms with Crippen LogP contribution >= 0.6 is 0 Å². The molecule has 0 fully saturated rings. The molecule has 2 aromatic heterocycles. The minimum atomic E-state index is -0.257. The fourth-order valence-electron chi connectivity index (χ4n) is 1.81. The van der Waals surface area contributed by atoms with Crippen LogP contribution in [0, 0.1) is 0 Å². The number of amides is 1. The Balaban J connectivity index is 1.79. The van der Waals surface area contributed by atoms with Crippen LogP contribution in [0.5, 0.6) is 0 Å². The van der Waals surface area contributed by atoms with Gasteiger partial charge in [-0.2, -0.15) is 0 Å². The van der Waals surface area contributed by atoms with E-state index >= 15 is 0 Å². The summed E-state index contributed by atoms with van der Waals surface area (Å²) in [6.07, 6.45) is 6.56. The Hall–Kier alpha value is -2.95. The molecule has 2 heterocycles. The van der Waals surface area contributed by atoms with E-state index in [1.165, 1.54) is 0 Å². The number of nitrogens with one attached hydrogen (secondary N) is 1. The van der Waals surface area contributed by atoms with Crippen molar-refractivity contribution in [2.45, 2.75) is 0 Å². The number of para-hydroxylation sites is 1. The summed E-state index contributed by atoms with van der Waals surface area (Å²) in [5.74, 6) is -0.257. The molecular formula is C15H12N4O. The van der Waals surface area contributed by atoms with E-state index < -0.39 is 0 Å². The predicted octanol–water partition coefficient (Wildman–Crippen LogP) is 2.52. The van der Waals surface area contributed by atoms with E-state index in [2.05, 4.69) is 15.3 Å². The zero-order valence-corrected chi connectivity index (χ0v) is 10.6. The molecule has 0 bridgehead atoms. The molecule has 5 heteroatoms. The number of rotatable bonds is 3. The Morgan fingerprint density at radius 1 is 1.10 bits per heavy atom. The quantitative estimate of drug-likeness (QED) is 0.790. The van der Waals surface area contributed by atoms with Crippen molar-refractivity contribution in [3.05, 3.63) is 73.1 Å². The van der Waals surface area contributed by atoms with E-state index in [4.69, 9.17) is 0 Å².